The largest absolute Gasteiger partial charge is 1.00 e. The van der Waals surface area contributed by atoms with Gasteiger partial charge in [0, 0.05) is 0 Å². The van der Waals surface area contributed by atoms with Crippen molar-refractivity contribution >= 4 is 22.1 Å². The molecule has 0 bridgehead atoms. The second-order valence-corrected chi connectivity index (χ2v) is 3.56. The molecule has 2 N–H and O–H groups in total. The van der Waals surface area contributed by atoms with E-state index < -0.39 is 33.4 Å². The van der Waals surface area contributed by atoms with Crippen molar-refractivity contribution in [3.05, 3.63) is 0 Å². The van der Waals surface area contributed by atoms with Crippen LogP contribution < -0.4 is 98.9 Å². The number of hydrogen-bond acceptors (Lipinski definition) is 7. The van der Waals surface area contributed by atoms with E-state index in [2.05, 4.69) is 0 Å². The SMILES string of the molecule is O=C([O-])C(O)C(C(=O)[O-])S(=O)(=O)O.[Na+].[Na+].[Na+]. The first-order chi connectivity index (χ1) is 5.68. The van der Waals surface area contributed by atoms with Crippen molar-refractivity contribution < 1.29 is 127 Å². The zero-order chi connectivity index (χ0) is 10.8. The first-order valence-electron chi connectivity index (χ1n) is 2.74. The Labute approximate surface area is 157 Å². The summed E-state index contributed by atoms with van der Waals surface area (Å²) in [6.07, 6.45) is -2.88. The smallest absolute Gasteiger partial charge is 0.549 e. The number of aliphatic hydroxyl groups is 1. The van der Waals surface area contributed by atoms with E-state index in [9.17, 15) is 28.2 Å². The van der Waals surface area contributed by atoms with Gasteiger partial charge in [0.05, 0.1) is 11.9 Å². The van der Waals surface area contributed by atoms with Gasteiger partial charge in [-0.2, -0.15) is 8.42 Å². The maximum absolute atomic E-state index is 10.2. The van der Waals surface area contributed by atoms with E-state index in [1.165, 1.54) is 0 Å². The molecule has 2 unspecified atom stereocenters. The summed E-state index contributed by atoms with van der Waals surface area (Å²) in [6, 6.07) is 0. The molecule has 12 heteroatoms. The summed E-state index contributed by atoms with van der Waals surface area (Å²) in [7, 11) is -5.24. The third-order valence-corrected chi connectivity index (χ3v) is 2.17. The molecular weight excluding hydrogens is 277 g/mol. The first kappa shape index (κ1) is 26.4. The summed E-state index contributed by atoms with van der Waals surface area (Å²) in [5.41, 5.74) is 0. The van der Waals surface area contributed by atoms with Crippen LogP contribution in [-0.4, -0.2) is 41.4 Å². The Kier molecular flexibility index (Phi) is 17.7. The number of carboxylic acid groups (broad SMARTS) is 2. The summed E-state index contributed by atoms with van der Waals surface area (Å²) in [4.78, 5) is 19.9. The molecule has 0 aromatic carbocycles. The molecule has 0 rings (SSSR count). The number of carboxylic acids is 2. The molecule has 0 spiro atoms. The van der Waals surface area contributed by atoms with Crippen molar-refractivity contribution in [1.29, 1.82) is 0 Å². The summed E-state index contributed by atoms with van der Waals surface area (Å²) in [5, 5.41) is 25.4. The van der Waals surface area contributed by atoms with Gasteiger partial charge in [-0.3, -0.25) is 4.55 Å². The monoisotopic (exact) mass is 281 g/mol. The Morgan fingerprint density at radius 3 is 1.38 bits per heavy atom. The number of aliphatic hydroxyl groups excluding tert-OH is 1. The van der Waals surface area contributed by atoms with Crippen LogP contribution in [0.2, 0.25) is 0 Å². The fourth-order valence-electron chi connectivity index (χ4n) is 0.537. The molecule has 16 heavy (non-hydrogen) atoms. The van der Waals surface area contributed by atoms with Crippen LogP contribution in [0.15, 0.2) is 0 Å². The molecule has 0 aliphatic carbocycles. The minimum Gasteiger partial charge on any atom is -0.549 e. The Hall–Kier alpha value is 1.81. The van der Waals surface area contributed by atoms with E-state index in [0.29, 0.717) is 0 Å². The normalized spacial score (nSPS) is 13.1. The van der Waals surface area contributed by atoms with E-state index >= 15 is 0 Å². The molecule has 8 nitrogen and oxygen atoms in total. The van der Waals surface area contributed by atoms with Crippen molar-refractivity contribution in [3.63, 3.8) is 0 Å². The Morgan fingerprint density at radius 2 is 1.31 bits per heavy atom. The van der Waals surface area contributed by atoms with Crippen LogP contribution in [0.4, 0.5) is 0 Å². The zero-order valence-corrected chi connectivity index (χ0v) is 15.7. The topological polar surface area (TPSA) is 155 Å². The van der Waals surface area contributed by atoms with Gasteiger partial charge in [0.2, 0.25) is 0 Å². The standard InChI is InChI=1S/C4H6O8S.3Na/c5-1(3(6)7)2(4(8)9)13(10,11)12;;;/h1-2,5H,(H,6,7)(H,8,9)(H,10,11,12);;;/q;3*+1/p-2. The Morgan fingerprint density at radius 1 is 1.00 bits per heavy atom. The second-order valence-electron chi connectivity index (χ2n) is 2.02. The van der Waals surface area contributed by atoms with Gasteiger partial charge in [-0.1, -0.05) is 0 Å². The van der Waals surface area contributed by atoms with E-state index in [1.807, 2.05) is 0 Å². The summed E-state index contributed by atoms with van der Waals surface area (Å²) >= 11 is 0. The van der Waals surface area contributed by atoms with E-state index in [-0.39, 0.29) is 88.7 Å². The Bertz CT molecular complexity index is 326. The number of carbonyl (C=O) groups excluding carboxylic acids is 2. The van der Waals surface area contributed by atoms with E-state index in [1.54, 1.807) is 0 Å². The van der Waals surface area contributed by atoms with Crippen LogP contribution in [-0.2, 0) is 19.7 Å². The average Bonchev–Trinajstić information content (AvgIpc) is 1.82. The van der Waals surface area contributed by atoms with Gasteiger partial charge in [0.1, 0.15) is 6.10 Å². The average molecular weight is 281 g/mol. The van der Waals surface area contributed by atoms with Gasteiger partial charge in [-0.15, -0.1) is 0 Å². The van der Waals surface area contributed by atoms with Crippen LogP contribution in [0.25, 0.3) is 0 Å². The molecule has 0 radical (unpaired) electrons. The van der Waals surface area contributed by atoms with Crippen molar-refractivity contribution in [3.8, 4) is 0 Å². The maximum Gasteiger partial charge on any atom is 1.00 e. The fourth-order valence-corrected chi connectivity index (χ4v) is 1.22. The fraction of sp³-hybridized carbons (Fsp3) is 0.500. The minimum atomic E-state index is -5.24. The summed E-state index contributed by atoms with van der Waals surface area (Å²) in [5.74, 6) is -4.77. The van der Waals surface area contributed by atoms with Crippen LogP contribution in [0.5, 0.6) is 0 Å². The van der Waals surface area contributed by atoms with Gasteiger partial charge in [-0.25, -0.2) is 0 Å². The van der Waals surface area contributed by atoms with Crippen LogP contribution in [0, 0.1) is 0 Å². The Balaban J connectivity index is -0.000000240. The molecule has 0 fully saturated rings. The molecule has 0 amide bonds. The molecule has 2 atom stereocenters. The predicted octanol–water partition coefficient (Wildman–Crippen LogP) is -13.9. The zero-order valence-electron chi connectivity index (χ0n) is 8.91. The number of carbonyl (C=O) groups is 2. The van der Waals surface area contributed by atoms with Gasteiger partial charge in [0.25, 0.3) is 10.1 Å². The van der Waals surface area contributed by atoms with Crippen molar-refractivity contribution in [2.24, 2.45) is 0 Å². The van der Waals surface area contributed by atoms with Gasteiger partial charge in [0.15, 0.2) is 5.25 Å². The van der Waals surface area contributed by atoms with Crippen molar-refractivity contribution in [2.45, 2.75) is 11.4 Å². The van der Waals surface area contributed by atoms with Crippen LogP contribution >= 0.6 is 0 Å². The molecule has 0 saturated carbocycles. The third kappa shape index (κ3) is 8.84. The van der Waals surface area contributed by atoms with E-state index in [0.717, 1.165) is 0 Å². The maximum atomic E-state index is 10.2. The molecule has 0 aliphatic heterocycles. The molecule has 0 heterocycles. The minimum absolute atomic E-state index is 0. The molecule has 0 aromatic heterocycles. The molecular formula is C4H4Na3O8S+. The number of hydrogen-bond donors (Lipinski definition) is 2. The number of aliphatic carboxylic acids is 2. The van der Waals surface area contributed by atoms with Crippen LogP contribution in [0.1, 0.15) is 0 Å². The first-order valence-corrected chi connectivity index (χ1v) is 4.24. The third-order valence-electron chi connectivity index (χ3n) is 1.08. The van der Waals surface area contributed by atoms with Crippen LogP contribution in [0.3, 0.4) is 0 Å². The molecule has 0 aromatic rings. The molecule has 0 saturated heterocycles. The summed E-state index contributed by atoms with van der Waals surface area (Å²) < 4.78 is 28.6. The van der Waals surface area contributed by atoms with Crippen molar-refractivity contribution in [1.82, 2.24) is 0 Å². The van der Waals surface area contributed by atoms with Crippen molar-refractivity contribution in [2.75, 3.05) is 0 Å². The second kappa shape index (κ2) is 10.7. The summed E-state index contributed by atoms with van der Waals surface area (Å²) in [6.45, 7) is 0. The predicted molar refractivity (Wildman–Crippen MR) is 31.4 cm³/mol. The van der Waals surface area contributed by atoms with Gasteiger partial charge < -0.3 is 24.9 Å². The van der Waals surface area contributed by atoms with Gasteiger partial charge >= 0.3 is 88.7 Å². The van der Waals surface area contributed by atoms with Gasteiger partial charge in [-0.05, 0) is 0 Å². The molecule has 0 aliphatic rings. The quantitative estimate of drug-likeness (QED) is 0.380. The molecule has 76 valence electrons. The van der Waals surface area contributed by atoms with E-state index in [4.69, 9.17) is 9.66 Å². The number of rotatable bonds is 4.